The fourth-order valence-electron chi connectivity index (χ4n) is 3.38. The lowest BCUT2D eigenvalue weighted by atomic mass is 9.92. The molecule has 1 aliphatic rings. The van der Waals surface area contributed by atoms with E-state index in [4.69, 9.17) is 0 Å². The number of aromatic nitrogens is 1. The zero-order valence-corrected chi connectivity index (χ0v) is 12.5. The number of nitrogens with one attached hydrogen (secondary N) is 2. The molecule has 2 aromatic carbocycles. The van der Waals surface area contributed by atoms with E-state index in [1.165, 1.54) is 5.39 Å². The van der Waals surface area contributed by atoms with Crippen LogP contribution in [0.5, 0.6) is 0 Å². The maximum absolute atomic E-state index is 12.9. The molecule has 2 N–H and O–H groups in total. The highest BCUT2D eigenvalue weighted by atomic mass is 16.2. The lowest BCUT2D eigenvalue weighted by molar-refractivity contribution is -0.118. The molecule has 0 saturated heterocycles. The van der Waals surface area contributed by atoms with Crippen LogP contribution in [-0.2, 0) is 10.2 Å². The fraction of sp³-hybridized carbons (Fsp3) is 0.211. The number of carbonyl (C=O) groups is 1. The van der Waals surface area contributed by atoms with Crippen LogP contribution < -0.4 is 5.32 Å². The van der Waals surface area contributed by atoms with Gasteiger partial charge < -0.3 is 10.3 Å². The Morgan fingerprint density at radius 2 is 1.73 bits per heavy atom. The molecule has 1 heterocycles. The number of aromatic amines is 1. The van der Waals surface area contributed by atoms with E-state index < -0.39 is 0 Å². The quantitative estimate of drug-likeness (QED) is 0.748. The molecule has 1 amide bonds. The van der Waals surface area contributed by atoms with Crippen LogP contribution in [0.4, 0.5) is 5.69 Å². The Bertz CT molecular complexity index is 844. The SMILES string of the molecule is Cc1[nH]c2ccccc2c1C1(C(=O)Nc2ccccc2)CC1. The molecule has 4 rings (SSSR count). The number of benzene rings is 2. The van der Waals surface area contributed by atoms with Crippen molar-refractivity contribution in [3.63, 3.8) is 0 Å². The number of H-pyrrole nitrogens is 1. The minimum Gasteiger partial charge on any atom is -0.358 e. The molecular formula is C19H18N2O. The summed E-state index contributed by atoms with van der Waals surface area (Å²) in [6.07, 6.45) is 1.82. The van der Waals surface area contributed by atoms with Crippen molar-refractivity contribution >= 4 is 22.5 Å². The number of fused-ring (bicyclic) bond motifs is 1. The topological polar surface area (TPSA) is 44.9 Å². The van der Waals surface area contributed by atoms with Crippen molar-refractivity contribution in [2.75, 3.05) is 5.32 Å². The van der Waals surface area contributed by atoms with Crippen molar-refractivity contribution in [3.05, 3.63) is 65.9 Å². The second-order valence-corrected chi connectivity index (χ2v) is 6.07. The van der Waals surface area contributed by atoms with E-state index in [1.54, 1.807) is 0 Å². The normalized spacial score (nSPS) is 15.7. The maximum Gasteiger partial charge on any atom is 0.235 e. The van der Waals surface area contributed by atoms with E-state index >= 15 is 0 Å². The van der Waals surface area contributed by atoms with Gasteiger partial charge in [-0.15, -0.1) is 0 Å². The number of rotatable bonds is 3. The third kappa shape index (κ3) is 1.93. The van der Waals surface area contributed by atoms with Crippen LogP contribution >= 0.6 is 0 Å². The van der Waals surface area contributed by atoms with Gasteiger partial charge in [-0.25, -0.2) is 0 Å². The maximum atomic E-state index is 12.9. The molecule has 1 aromatic heterocycles. The molecule has 22 heavy (non-hydrogen) atoms. The van der Waals surface area contributed by atoms with E-state index in [2.05, 4.69) is 29.4 Å². The second kappa shape index (κ2) is 4.73. The Morgan fingerprint density at radius 3 is 2.45 bits per heavy atom. The van der Waals surface area contributed by atoms with Gasteiger partial charge in [0.15, 0.2) is 0 Å². The van der Waals surface area contributed by atoms with Gasteiger partial charge in [0.25, 0.3) is 0 Å². The zero-order valence-electron chi connectivity index (χ0n) is 12.5. The number of anilines is 1. The minimum atomic E-state index is -0.375. The van der Waals surface area contributed by atoms with Gasteiger partial charge in [-0.3, -0.25) is 4.79 Å². The number of aryl methyl sites for hydroxylation is 1. The average Bonchev–Trinajstić information content (AvgIpc) is 3.25. The van der Waals surface area contributed by atoms with Crippen LogP contribution in [0.2, 0.25) is 0 Å². The van der Waals surface area contributed by atoms with E-state index in [1.807, 2.05) is 42.5 Å². The highest BCUT2D eigenvalue weighted by Crippen LogP contribution is 2.52. The van der Waals surface area contributed by atoms with Crippen LogP contribution in [0.3, 0.4) is 0 Å². The van der Waals surface area contributed by atoms with Gasteiger partial charge in [-0.05, 0) is 43.5 Å². The molecule has 0 unspecified atom stereocenters. The van der Waals surface area contributed by atoms with Crippen LogP contribution in [-0.4, -0.2) is 10.9 Å². The predicted octanol–water partition coefficient (Wildman–Crippen LogP) is 4.15. The van der Waals surface area contributed by atoms with Crippen LogP contribution in [0.1, 0.15) is 24.1 Å². The number of hydrogen-bond acceptors (Lipinski definition) is 1. The summed E-state index contributed by atoms with van der Waals surface area (Å²) in [6.45, 7) is 2.06. The lowest BCUT2D eigenvalue weighted by Crippen LogP contribution is -2.28. The number of carbonyl (C=O) groups excluding carboxylic acids is 1. The Kier molecular flexibility index (Phi) is 2.83. The summed E-state index contributed by atoms with van der Waals surface area (Å²) in [5.41, 5.74) is 3.85. The highest BCUT2D eigenvalue weighted by molar-refractivity contribution is 6.05. The highest BCUT2D eigenvalue weighted by Gasteiger charge is 2.53. The molecule has 3 heteroatoms. The first-order chi connectivity index (χ1) is 10.7. The summed E-state index contributed by atoms with van der Waals surface area (Å²) in [4.78, 5) is 16.3. The van der Waals surface area contributed by atoms with Crippen molar-refractivity contribution < 1.29 is 4.79 Å². The van der Waals surface area contributed by atoms with Crippen molar-refractivity contribution in [1.29, 1.82) is 0 Å². The first-order valence-electron chi connectivity index (χ1n) is 7.65. The summed E-state index contributed by atoms with van der Waals surface area (Å²) in [5.74, 6) is 0.103. The van der Waals surface area contributed by atoms with Gasteiger partial charge in [-0.2, -0.15) is 0 Å². The third-order valence-corrected chi connectivity index (χ3v) is 4.59. The second-order valence-electron chi connectivity index (χ2n) is 6.07. The molecule has 1 aliphatic carbocycles. The van der Waals surface area contributed by atoms with Crippen molar-refractivity contribution in [2.45, 2.75) is 25.2 Å². The van der Waals surface area contributed by atoms with E-state index in [-0.39, 0.29) is 11.3 Å². The molecule has 0 aliphatic heterocycles. The predicted molar refractivity (Wildman–Crippen MR) is 89.0 cm³/mol. The van der Waals surface area contributed by atoms with E-state index in [0.29, 0.717) is 0 Å². The van der Waals surface area contributed by atoms with E-state index in [9.17, 15) is 4.79 Å². The standard InChI is InChI=1S/C19H18N2O/c1-13-17(15-9-5-6-10-16(15)20-13)19(11-12-19)18(22)21-14-7-3-2-4-8-14/h2-10,20H,11-12H2,1H3,(H,21,22). The third-order valence-electron chi connectivity index (χ3n) is 4.59. The molecule has 1 saturated carbocycles. The Labute approximate surface area is 129 Å². The zero-order chi connectivity index (χ0) is 15.2. The van der Waals surface area contributed by atoms with Gasteiger partial charge in [0.1, 0.15) is 0 Å². The summed E-state index contributed by atoms with van der Waals surface area (Å²) < 4.78 is 0. The first kappa shape index (κ1) is 13.1. The van der Waals surface area contributed by atoms with Gasteiger partial charge in [0, 0.05) is 22.3 Å². The van der Waals surface area contributed by atoms with Gasteiger partial charge in [-0.1, -0.05) is 36.4 Å². The summed E-state index contributed by atoms with van der Waals surface area (Å²) in [5, 5.41) is 4.24. The van der Waals surface area contributed by atoms with Gasteiger partial charge >= 0.3 is 0 Å². The minimum absolute atomic E-state index is 0.103. The molecule has 0 spiro atoms. The largest absolute Gasteiger partial charge is 0.358 e. The molecule has 0 bridgehead atoms. The monoisotopic (exact) mass is 290 g/mol. The number of amides is 1. The summed E-state index contributed by atoms with van der Waals surface area (Å²) in [6, 6.07) is 17.9. The average molecular weight is 290 g/mol. The van der Waals surface area contributed by atoms with Crippen molar-refractivity contribution in [1.82, 2.24) is 4.98 Å². The van der Waals surface area contributed by atoms with Crippen molar-refractivity contribution in [3.8, 4) is 0 Å². The molecule has 0 atom stereocenters. The summed E-state index contributed by atoms with van der Waals surface area (Å²) in [7, 11) is 0. The number of hydrogen-bond donors (Lipinski definition) is 2. The van der Waals surface area contributed by atoms with Crippen LogP contribution in [0.25, 0.3) is 10.9 Å². The Morgan fingerprint density at radius 1 is 1.05 bits per heavy atom. The Hall–Kier alpha value is -2.55. The van der Waals surface area contributed by atoms with Crippen LogP contribution in [0.15, 0.2) is 54.6 Å². The lowest BCUT2D eigenvalue weighted by Gasteiger charge is -2.16. The van der Waals surface area contributed by atoms with Gasteiger partial charge in [0.05, 0.1) is 5.41 Å². The first-order valence-corrected chi connectivity index (χ1v) is 7.65. The van der Waals surface area contributed by atoms with E-state index in [0.717, 1.165) is 35.3 Å². The molecule has 1 fully saturated rings. The smallest absolute Gasteiger partial charge is 0.235 e. The van der Waals surface area contributed by atoms with Crippen molar-refractivity contribution in [2.24, 2.45) is 0 Å². The Balaban J connectivity index is 1.74. The fourth-order valence-corrected chi connectivity index (χ4v) is 3.38. The summed E-state index contributed by atoms with van der Waals surface area (Å²) >= 11 is 0. The van der Waals surface area contributed by atoms with Gasteiger partial charge in [0.2, 0.25) is 5.91 Å². The molecule has 110 valence electrons. The molecule has 3 nitrogen and oxygen atoms in total. The number of para-hydroxylation sites is 2. The molecular weight excluding hydrogens is 272 g/mol. The molecule has 3 aromatic rings. The van der Waals surface area contributed by atoms with Crippen LogP contribution in [0, 0.1) is 6.92 Å². The molecule has 0 radical (unpaired) electrons.